The number of amides is 3. The number of nitrogens with one attached hydrogen (secondary N) is 3. The van der Waals surface area contributed by atoms with Crippen LogP contribution in [0.4, 0.5) is 4.79 Å². The van der Waals surface area contributed by atoms with E-state index in [9.17, 15) is 14.7 Å². The molecule has 120 valence electrons. The summed E-state index contributed by atoms with van der Waals surface area (Å²) >= 11 is 0. The zero-order valence-electron chi connectivity index (χ0n) is 12.4. The van der Waals surface area contributed by atoms with Gasteiger partial charge in [-0.3, -0.25) is 4.79 Å². The molecule has 2 atom stereocenters. The van der Waals surface area contributed by atoms with Crippen molar-refractivity contribution < 1.29 is 14.7 Å². The van der Waals surface area contributed by atoms with Crippen molar-refractivity contribution in [2.45, 2.75) is 31.9 Å². The van der Waals surface area contributed by atoms with Gasteiger partial charge in [0.25, 0.3) is 5.91 Å². The van der Waals surface area contributed by atoms with Crippen LogP contribution >= 0.6 is 0 Å². The van der Waals surface area contributed by atoms with Gasteiger partial charge in [-0.15, -0.1) is 0 Å². The molecule has 1 aliphatic rings. The summed E-state index contributed by atoms with van der Waals surface area (Å²) < 4.78 is 0. The molecular formula is C13H25N5O3. The first-order valence-electron chi connectivity index (χ1n) is 6.70. The Morgan fingerprint density at radius 2 is 2.19 bits per heavy atom. The van der Waals surface area contributed by atoms with E-state index in [0.29, 0.717) is 18.7 Å². The summed E-state index contributed by atoms with van der Waals surface area (Å²) in [5.74, 6) is -0.403. The minimum atomic E-state index is -0.577. The van der Waals surface area contributed by atoms with Crippen molar-refractivity contribution in [2.24, 2.45) is 11.5 Å². The zero-order valence-corrected chi connectivity index (χ0v) is 12.4. The topological polar surface area (TPSA) is 142 Å². The Kier molecular flexibility index (Phi) is 9.65. The Labute approximate surface area is 124 Å². The van der Waals surface area contributed by atoms with Gasteiger partial charge in [0.05, 0.1) is 17.8 Å². The van der Waals surface area contributed by atoms with E-state index in [4.69, 9.17) is 11.5 Å². The molecule has 1 rings (SSSR count). The summed E-state index contributed by atoms with van der Waals surface area (Å²) in [7, 11) is 1.53. The first-order valence-corrected chi connectivity index (χ1v) is 6.70. The largest absolute Gasteiger partial charge is 0.391 e. The van der Waals surface area contributed by atoms with E-state index >= 15 is 0 Å². The van der Waals surface area contributed by atoms with Gasteiger partial charge in [0.15, 0.2) is 0 Å². The highest BCUT2D eigenvalue weighted by atomic mass is 16.3. The average molecular weight is 299 g/mol. The van der Waals surface area contributed by atoms with Crippen molar-refractivity contribution in [3.05, 3.63) is 24.0 Å². The Morgan fingerprint density at radius 3 is 2.57 bits per heavy atom. The lowest BCUT2D eigenvalue weighted by Gasteiger charge is -2.19. The van der Waals surface area contributed by atoms with Gasteiger partial charge >= 0.3 is 6.03 Å². The maximum atomic E-state index is 10.8. The molecule has 0 spiro atoms. The number of rotatable bonds is 5. The molecule has 0 aromatic carbocycles. The van der Waals surface area contributed by atoms with E-state index in [1.54, 1.807) is 19.2 Å². The zero-order chi connectivity index (χ0) is 16.3. The van der Waals surface area contributed by atoms with Gasteiger partial charge in [-0.2, -0.15) is 0 Å². The predicted molar refractivity (Wildman–Crippen MR) is 80.9 cm³/mol. The molecule has 0 saturated heterocycles. The molecule has 0 radical (unpaired) electrons. The van der Waals surface area contributed by atoms with E-state index in [-0.39, 0.29) is 12.1 Å². The molecule has 0 aliphatic carbocycles. The fourth-order valence-corrected chi connectivity index (χ4v) is 1.43. The van der Waals surface area contributed by atoms with E-state index in [0.717, 1.165) is 6.42 Å². The summed E-state index contributed by atoms with van der Waals surface area (Å²) in [5, 5.41) is 17.0. The molecule has 0 saturated carbocycles. The van der Waals surface area contributed by atoms with Crippen LogP contribution < -0.4 is 27.4 Å². The summed E-state index contributed by atoms with van der Waals surface area (Å²) in [6.45, 7) is 2.15. The van der Waals surface area contributed by atoms with Crippen LogP contribution in [0.3, 0.4) is 0 Å². The fourth-order valence-electron chi connectivity index (χ4n) is 1.43. The molecule has 8 N–H and O–H groups in total. The number of hydrogen-bond acceptors (Lipinski definition) is 5. The van der Waals surface area contributed by atoms with Crippen LogP contribution in [0.1, 0.15) is 19.8 Å². The maximum absolute atomic E-state index is 10.8. The summed E-state index contributed by atoms with van der Waals surface area (Å²) in [4.78, 5) is 21.2. The normalized spacial score (nSPS) is 15.5. The number of primary amides is 1. The Hall–Kier alpha value is -2.06. The SMILES string of the molecule is CNC(=O)N[C@@H](C)[C@H](O)CCN.NC(=O)C1=CCC=CN1. The van der Waals surface area contributed by atoms with Gasteiger partial charge in [-0.05, 0) is 32.5 Å². The second-order valence-corrected chi connectivity index (χ2v) is 4.42. The second kappa shape index (κ2) is 10.7. The minimum Gasteiger partial charge on any atom is -0.391 e. The quantitative estimate of drug-likeness (QED) is 0.381. The van der Waals surface area contributed by atoms with E-state index in [2.05, 4.69) is 16.0 Å². The molecule has 21 heavy (non-hydrogen) atoms. The van der Waals surface area contributed by atoms with Crippen LogP contribution in [-0.4, -0.2) is 42.8 Å². The standard InChI is InChI=1S/C7H17N3O2.C6H8N2O/c1-5(6(11)3-4-8)10-7(12)9-2;7-6(9)5-3-1-2-4-8-5/h5-6,11H,3-4,8H2,1-2H3,(H2,9,10,12);2-4,8H,1H2,(H2,7,9)/t5-,6+;/m0./s1. The monoisotopic (exact) mass is 299 g/mol. The lowest BCUT2D eigenvalue weighted by molar-refractivity contribution is -0.114. The van der Waals surface area contributed by atoms with E-state index in [1.165, 1.54) is 7.05 Å². The Balaban J connectivity index is 0.000000394. The number of carbonyl (C=O) groups excluding carboxylic acids is 2. The van der Waals surface area contributed by atoms with Crippen molar-refractivity contribution >= 4 is 11.9 Å². The van der Waals surface area contributed by atoms with Crippen LogP contribution in [0.25, 0.3) is 0 Å². The average Bonchev–Trinajstić information content (AvgIpc) is 2.48. The highest BCUT2D eigenvalue weighted by Gasteiger charge is 2.14. The molecule has 8 nitrogen and oxygen atoms in total. The number of aliphatic hydroxyl groups is 1. The summed E-state index contributed by atoms with van der Waals surface area (Å²) in [6, 6.07) is -0.563. The summed E-state index contributed by atoms with van der Waals surface area (Å²) in [5.41, 5.74) is 10.7. The highest BCUT2D eigenvalue weighted by molar-refractivity contribution is 5.91. The number of dihydropyridines is 1. The second-order valence-electron chi connectivity index (χ2n) is 4.42. The number of aliphatic hydroxyl groups excluding tert-OH is 1. The number of carbonyl (C=O) groups is 2. The van der Waals surface area contributed by atoms with Crippen LogP contribution in [0, 0.1) is 0 Å². The first kappa shape index (κ1) is 18.9. The fraction of sp³-hybridized carbons (Fsp3) is 0.538. The van der Waals surface area contributed by atoms with Crippen LogP contribution in [0.15, 0.2) is 24.0 Å². The van der Waals surface area contributed by atoms with Gasteiger partial charge in [-0.1, -0.05) is 12.2 Å². The van der Waals surface area contributed by atoms with Gasteiger partial charge in [0.2, 0.25) is 0 Å². The predicted octanol–water partition coefficient (Wildman–Crippen LogP) is -1.12. The molecule has 0 aromatic heterocycles. The van der Waals surface area contributed by atoms with Crippen molar-refractivity contribution in [2.75, 3.05) is 13.6 Å². The minimum absolute atomic E-state index is 0.270. The Bertz CT molecular complexity index is 395. The van der Waals surface area contributed by atoms with Crippen LogP contribution in [0.5, 0.6) is 0 Å². The van der Waals surface area contributed by atoms with Crippen molar-refractivity contribution in [1.29, 1.82) is 0 Å². The molecule has 0 aromatic rings. The third-order valence-electron chi connectivity index (χ3n) is 2.71. The molecule has 1 heterocycles. The summed E-state index contributed by atoms with van der Waals surface area (Å²) in [6.07, 6.45) is 6.07. The van der Waals surface area contributed by atoms with Crippen molar-refractivity contribution in [3.8, 4) is 0 Å². The van der Waals surface area contributed by atoms with E-state index in [1.807, 2.05) is 6.08 Å². The number of allylic oxidation sites excluding steroid dienone is 2. The molecule has 1 aliphatic heterocycles. The third-order valence-corrected chi connectivity index (χ3v) is 2.71. The number of hydrogen-bond donors (Lipinski definition) is 6. The van der Waals surface area contributed by atoms with Gasteiger partial charge in [0, 0.05) is 7.05 Å². The number of nitrogens with two attached hydrogens (primary N) is 2. The molecule has 0 fully saturated rings. The van der Waals surface area contributed by atoms with Crippen molar-refractivity contribution in [1.82, 2.24) is 16.0 Å². The molecule has 0 bridgehead atoms. The first-order chi connectivity index (χ1) is 9.92. The van der Waals surface area contributed by atoms with Crippen LogP contribution in [-0.2, 0) is 4.79 Å². The lowest BCUT2D eigenvalue weighted by atomic mass is 10.1. The van der Waals surface area contributed by atoms with Gasteiger partial charge in [0.1, 0.15) is 0 Å². The van der Waals surface area contributed by atoms with E-state index < -0.39 is 12.0 Å². The lowest BCUT2D eigenvalue weighted by Crippen LogP contribution is -2.45. The van der Waals surface area contributed by atoms with Crippen LogP contribution in [0.2, 0.25) is 0 Å². The maximum Gasteiger partial charge on any atom is 0.314 e. The van der Waals surface area contributed by atoms with Gasteiger partial charge in [-0.25, -0.2) is 4.79 Å². The number of urea groups is 1. The Morgan fingerprint density at radius 1 is 1.52 bits per heavy atom. The molecular weight excluding hydrogens is 274 g/mol. The molecule has 8 heteroatoms. The third kappa shape index (κ3) is 8.66. The highest BCUT2D eigenvalue weighted by Crippen LogP contribution is 1.98. The van der Waals surface area contributed by atoms with Crippen molar-refractivity contribution in [3.63, 3.8) is 0 Å². The smallest absolute Gasteiger partial charge is 0.314 e. The van der Waals surface area contributed by atoms with Gasteiger partial charge < -0.3 is 32.5 Å². The molecule has 0 unspecified atom stereocenters. The molecule has 3 amide bonds.